The lowest BCUT2D eigenvalue weighted by molar-refractivity contribution is -0.133. The number of piperidine rings is 1. The number of oxazole rings is 1. The number of amides is 1. The van der Waals surface area contributed by atoms with Gasteiger partial charge in [-0.1, -0.05) is 13.3 Å². The van der Waals surface area contributed by atoms with Crippen molar-refractivity contribution in [2.45, 2.75) is 56.9 Å². The van der Waals surface area contributed by atoms with E-state index < -0.39 is 15.8 Å². The van der Waals surface area contributed by atoms with Crippen molar-refractivity contribution in [3.63, 3.8) is 0 Å². The van der Waals surface area contributed by atoms with Gasteiger partial charge in [0.2, 0.25) is 15.9 Å². The van der Waals surface area contributed by atoms with Crippen LogP contribution in [-0.4, -0.2) is 54.3 Å². The molecule has 2 aromatic rings. The minimum atomic E-state index is -3.58. The number of aryl methyl sites for hydroxylation is 1. The van der Waals surface area contributed by atoms with Gasteiger partial charge in [-0.15, -0.1) is 0 Å². The molecule has 1 atom stereocenters. The highest BCUT2D eigenvalue weighted by molar-refractivity contribution is 7.89. The minimum Gasteiger partial charge on any atom is -0.408 e. The van der Waals surface area contributed by atoms with E-state index in [1.165, 1.54) is 21.0 Å². The molecule has 2 aliphatic rings. The van der Waals surface area contributed by atoms with E-state index >= 15 is 0 Å². The van der Waals surface area contributed by atoms with Gasteiger partial charge in [0.1, 0.15) is 0 Å². The summed E-state index contributed by atoms with van der Waals surface area (Å²) in [6.07, 6.45) is 5.19. The Kier molecular flexibility index (Phi) is 6.02. The molecule has 0 radical (unpaired) electrons. The number of carbonyl (C=O) groups excluding carboxylic acids is 1. The third kappa shape index (κ3) is 4.05. The van der Waals surface area contributed by atoms with Crippen LogP contribution in [0.25, 0.3) is 11.1 Å². The van der Waals surface area contributed by atoms with E-state index in [1.54, 1.807) is 6.07 Å². The van der Waals surface area contributed by atoms with Crippen molar-refractivity contribution in [2.24, 2.45) is 5.92 Å². The van der Waals surface area contributed by atoms with E-state index in [0.717, 1.165) is 45.2 Å². The highest BCUT2D eigenvalue weighted by Gasteiger charge is 2.28. The molecule has 8 nitrogen and oxygen atoms in total. The Morgan fingerprint density at radius 3 is 2.67 bits per heavy atom. The molecule has 2 saturated heterocycles. The Labute approximate surface area is 176 Å². The summed E-state index contributed by atoms with van der Waals surface area (Å²) in [5.74, 6) is 0.0254. The van der Waals surface area contributed by atoms with Crippen molar-refractivity contribution in [3.05, 3.63) is 28.7 Å². The summed E-state index contributed by atoms with van der Waals surface area (Å²) in [6.45, 7) is 4.96. The van der Waals surface area contributed by atoms with Gasteiger partial charge in [0.05, 0.1) is 10.4 Å². The molecule has 9 heteroatoms. The predicted octanol–water partition coefficient (Wildman–Crippen LogP) is 2.42. The first kappa shape index (κ1) is 21.1. The molecule has 164 valence electrons. The van der Waals surface area contributed by atoms with Crippen LogP contribution in [-0.2, 0) is 21.4 Å². The van der Waals surface area contributed by atoms with E-state index in [-0.39, 0.29) is 29.4 Å². The topological polar surface area (TPSA) is 92.8 Å². The number of sulfonamides is 1. The molecule has 0 saturated carbocycles. The summed E-state index contributed by atoms with van der Waals surface area (Å²) in [5, 5.41) is 0. The number of likely N-dealkylation sites (tertiary alicyclic amines) is 1. The second-order valence-electron chi connectivity index (χ2n) is 8.27. The average molecular weight is 436 g/mol. The lowest BCUT2D eigenvalue weighted by Crippen LogP contribution is -2.40. The number of fused-ring (bicyclic) bond motifs is 1. The second kappa shape index (κ2) is 8.55. The lowest BCUT2D eigenvalue weighted by Gasteiger charge is -2.32. The van der Waals surface area contributed by atoms with Gasteiger partial charge in [0, 0.05) is 45.2 Å². The maximum Gasteiger partial charge on any atom is 0.419 e. The third-order valence-corrected chi connectivity index (χ3v) is 8.24. The van der Waals surface area contributed by atoms with Crippen LogP contribution in [0.1, 0.15) is 45.4 Å². The van der Waals surface area contributed by atoms with Gasteiger partial charge in [-0.05, 0) is 43.7 Å². The zero-order valence-corrected chi connectivity index (χ0v) is 18.2. The van der Waals surface area contributed by atoms with Crippen LogP contribution in [0.2, 0.25) is 0 Å². The SMILES string of the molecule is CCC1CCCN(C(=O)CCn2c(=O)oc3cc(S(=O)(=O)N4CCCC4)ccc32)C1. The Balaban J connectivity index is 1.50. The summed E-state index contributed by atoms with van der Waals surface area (Å²) < 4.78 is 33.7. The molecule has 1 aromatic carbocycles. The van der Waals surface area contributed by atoms with Gasteiger partial charge >= 0.3 is 5.76 Å². The monoisotopic (exact) mass is 435 g/mol. The Morgan fingerprint density at radius 2 is 1.93 bits per heavy atom. The summed E-state index contributed by atoms with van der Waals surface area (Å²) in [6, 6.07) is 4.53. The molecule has 2 fully saturated rings. The maximum atomic E-state index is 12.8. The zero-order chi connectivity index (χ0) is 21.3. The van der Waals surface area contributed by atoms with Crippen LogP contribution in [0.5, 0.6) is 0 Å². The number of hydrogen-bond acceptors (Lipinski definition) is 5. The first-order valence-electron chi connectivity index (χ1n) is 10.8. The molecule has 2 aliphatic heterocycles. The predicted molar refractivity (Wildman–Crippen MR) is 113 cm³/mol. The summed E-state index contributed by atoms with van der Waals surface area (Å²) in [4.78, 5) is 27.0. The normalized spacial score (nSPS) is 20.8. The van der Waals surface area contributed by atoms with E-state index in [1.807, 2.05) is 4.90 Å². The number of rotatable bonds is 6. The van der Waals surface area contributed by atoms with Crippen LogP contribution in [0.15, 0.2) is 32.3 Å². The van der Waals surface area contributed by atoms with Gasteiger partial charge in [-0.2, -0.15) is 4.31 Å². The van der Waals surface area contributed by atoms with Crippen molar-refractivity contribution < 1.29 is 17.6 Å². The average Bonchev–Trinajstić information content (AvgIpc) is 3.39. The number of benzene rings is 1. The minimum absolute atomic E-state index is 0.0441. The van der Waals surface area contributed by atoms with Crippen molar-refractivity contribution >= 4 is 27.0 Å². The summed E-state index contributed by atoms with van der Waals surface area (Å²) in [5.41, 5.74) is 0.745. The fraction of sp³-hybridized carbons (Fsp3) is 0.619. The van der Waals surface area contributed by atoms with E-state index in [2.05, 4.69) is 6.92 Å². The third-order valence-electron chi connectivity index (χ3n) is 6.34. The molecular weight excluding hydrogens is 406 g/mol. The van der Waals surface area contributed by atoms with E-state index in [9.17, 15) is 18.0 Å². The molecule has 3 heterocycles. The van der Waals surface area contributed by atoms with Gasteiger partial charge in [-0.25, -0.2) is 13.2 Å². The Morgan fingerprint density at radius 1 is 1.17 bits per heavy atom. The van der Waals surface area contributed by atoms with E-state index in [0.29, 0.717) is 24.5 Å². The van der Waals surface area contributed by atoms with Crippen molar-refractivity contribution in [2.75, 3.05) is 26.2 Å². The number of aromatic nitrogens is 1. The standard InChI is InChI=1S/C21H29N3O5S/c1-2-16-6-5-10-22(15-16)20(25)9-13-24-18-8-7-17(14-19(18)29-21(24)26)30(27,28)23-11-3-4-12-23/h7-8,14,16H,2-6,9-13,15H2,1H3. The van der Waals surface area contributed by atoms with Gasteiger partial charge < -0.3 is 9.32 Å². The van der Waals surface area contributed by atoms with Crippen LogP contribution < -0.4 is 5.76 Å². The van der Waals surface area contributed by atoms with Crippen LogP contribution in [0, 0.1) is 5.92 Å². The maximum absolute atomic E-state index is 12.8. The van der Waals surface area contributed by atoms with E-state index in [4.69, 9.17) is 4.42 Å². The van der Waals surface area contributed by atoms with Crippen LogP contribution >= 0.6 is 0 Å². The highest BCUT2D eigenvalue weighted by atomic mass is 32.2. The van der Waals surface area contributed by atoms with Gasteiger partial charge in [-0.3, -0.25) is 9.36 Å². The first-order chi connectivity index (χ1) is 14.4. The Hall–Kier alpha value is -2.13. The molecule has 30 heavy (non-hydrogen) atoms. The highest BCUT2D eigenvalue weighted by Crippen LogP contribution is 2.25. The van der Waals surface area contributed by atoms with Crippen LogP contribution in [0.4, 0.5) is 0 Å². The molecule has 0 bridgehead atoms. The molecule has 0 N–H and O–H groups in total. The zero-order valence-electron chi connectivity index (χ0n) is 17.4. The second-order valence-corrected chi connectivity index (χ2v) is 10.2. The van der Waals surface area contributed by atoms with Crippen molar-refractivity contribution in [1.82, 2.24) is 13.8 Å². The molecular formula is C21H29N3O5S. The molecule has 1 amide bonds. The largest absolute Gasteiger partial charge is 0.419 e. The molecule has 1 aromatic heterocycles. The quantitative estimate of drug-likeness (QED) is 0.695. The fourth-order valence-electron chi connectivity index (χ4n) is 4.49. The van der Waals surface area contributed by atoms with Crippen LogP contribution in [0.3, 0.4) is 0 Å². The van der Waals surface area contributed by atoms with Gasteiger partial charge in [0.25, 0.3) is 0 Å². The van der Waals surface area contributed by atoms with Crippen molar-refractivity contribution in [1.29, 1.82) is 0 Å². The number of nitrogens with zero attached hydrogens (tertiary/aromatic N) is 3. The Bertz CT molecular complexity index is 1080. The molecule has 0 aliphatic carbocycles. The summed E-state index contributed by atoms with van der Waals surface area (Å²) in [7, 11) is -3.58. The lowest BCUT2D eigenvalue weighted by atomic mass is 9.95. The smallest absolute Gasteiger partial charge is 0.408 e. The fourth-order valence-corrected chi connectivity index (χ4v) is 6.02. The molecule has 1 unspecified atom stereocenters. The summed E-state index contributed by atoms with van der Waals surface area (Å²) >= 11 is 0. The first-order valence-corrected chi connectivity index (χ1v) is 12.3. The van der Waals surface area contributed by atoms with Crippen molar-refractivity contribution in [3.8, 4) is 0 Å². The number of carbonyl (C=O) groups is 1. The number of hydrogen-bond donors (Lipinski definition) is 0. The molecule has 4 rings (SSSR count). The van der Waals surface area contributed by atoms with Gasteiger partial charge in [0.15, 0.2) is 5.58 Å². The molecule has 0 spiro atoms.